The average molecular weight is 336 g/mol. The molecule has 6 nitrogen and oxygen atoms in total. The van der Waals surface area contributed by atoms with E-state index in [0.29, 0.717) is 12.0 Å². The lowest BCUT2D eigenvalue weighted by molar-refractivity contribution is 0.0916. The van der Waals surface area contributed by atoms with Gasteiger partial charge in [-0.25, -0.2) is 9.67 Å². The molecule has 3 aromatic rings. The summed E-state index contributed by atoms with van der Waals surface area (Å²) in [6.45, 7) is 1.80. The van der Waals surface area contributed by atoms with Gasteiger partial charge < -0.3 is 10.4 Å². The molecule has 2 N–H and O–H groups in total. The van der Waals surface area contributed by atoms with Gasteiger partial charge in [0.25, 0.3) is 5.91 Å². The highest BCUT2D eigenvalue weighted by Crippen LogP contribution is 2.15. The van der Waals surface area contributed by atoms with Crippen LogP contribution >= 0.6 is 0 Å². The van der Waals surface area contributed by atoms with Crippen molar-refractivity contribution in [2.24, 2.45) is 0 Å². The third-order valence-corrected chi connectivity index (χ3v) is 4.01. The lowest BCUT2D eigenvalue weighted by Crippen LogP contribution is -2.39. The first-order valence-corrected chi connectivity index (χ1v) is 8.08. The summed E-state index contributed by atoms with van der Waals surface area (Å²) in [6, 6.07) is 14.8. The Labute approximate surface area is 146 Å². The van der Waals surface area contributed by atoms with Gasteiger partial charge in [0.2, 0.25) is 0 Å². The Morgan fingerprint density at radius 2 is 2.04 bits per heavy atom. The maximum Gasteiger partial charge on any atom is 0.251 e. The quantitative estimate of drug-likeness (QED) is 0.721. The summed E-state index contributed by atoms with van der Waals surface area (Å²) in [7, 11) is 0. The van der Waals surface area contributed by atoms with Gasteiger partial charge in [-0.15, -0.1) is 0 Å². The van der Waals surface area contributed by atoms with Crippen molar-refractivity contribution in [2.45, 2.75) is 19.4 Å². The molecule has 25 heavy (non-hydrogen) atoms. The molecule has 1 atom stereocenters. The summed E-state index contributed by atoms with van der Waals surface area (Å²) < 4.78 is 1.66. The van der Waals surface area contributed by atoms with E-state index < -0.39 is 0 Å². The highest BCUT2D eigenvalue weighted by Gasteiger charge is 2.15. The van der Waals surface area contributed by atoms with E-state index >= 15 is 0 Å². The van der Waals surface area contributed by atoms with E-state index in [1.807, 2.05) is 49.4 Å². The largest absolute Gasteiger partial charge is 0.394 e. The van der Waals surface area contributed by atoms with E-state index in [4.69, 9.17) is 0 Å². The fourth-order valence-electron chi connectivity index (χ4n) is 2.71. The number of benzene rings is 2. The van der Waals surface area contributed by atoms with Gasteiger partial charge >= 0.3 is 0 Å². The molecule has 0 saturated heterocycles. The number of rotatable bonds is 6. The molecule has 0 aliphatic carbocycles. The van der Waals surface area contributed by atoms with Crippen LogP contribution in [-0.2, 0) is 6.42 Å². The Hall–Kier alpha value is -2.99. The molecule has 128 valence electrons. The van der Waals surface area contributed by atoms with E-state index in [0.717, 1.165) is 16.8 Å². The summed E-state index contributed by atoms with van der Waals surface area (Å²) in [5, 5.41) is 16.6. The number of amides is 1. The van der Waals surface area contributed by atoms with Crippen LogP contribution in [0.25, 0.3) is 5.69 Å². The van der Waals surface area contributed by atoms with Crippen molar-refractivity contribution in [2.75, 3.05) is 6.61 Å². The topological polar surface area (TPSA) is 80.0 Å². The zero-order valence-electron chi connectivity index (χ0n) is 14.0. The van der Waals surface area contributed by atoms with E-state index in [-0.39, 0.29) is 18.6 Å². The van der Waals surface area contributed by atoms with E-state index in [2.05, 4.69) is 15.4 Å². The molecular formula is C19H20N4O2. The monoisotopic (exact) mass is 336 g/mol. The van der Waals surface area contributed by atoms with Crippen LogP contribution in [0.3, 0.4) is 0 Å². The van der Waals surface area contributed by atoms with Crippen LogP contribution in [0.4, 0.5) is 0 Å². The third-order valence-electron chi connectivity index (χ3n) is 4.01. The molecule has 1 aromatic heterocycles. The van der Waals surface area contributed by atoms with Crippen molar-refractivity contribution in [3.8, 4) is 5.69 Å². The van der Waals surface area contributed by atoms with Crippen LogP contribution in [-0.4, -0.2) is 38.4 Å². The van der Waals surface area contributed by atoms with E-state index in [1.54, 1.807) is 17.1 Å². The molecule has 6 heteroatoms. The molecule has 0 saturated carbocycles. The van der Waals surface area contributed by atoms with Gasteiger partial charge in [-0.2, -0.15) is 5.10 Å². The number of aromatic nitrogens is 3. The van der Waals surface area contributed by atoms with Gasteiger partial charge in [0.1, 0.15) is 12.7 Å². The first-order valence-electron chi connectivity index (χ1n) is 8.08. The third kappa shape index (κ3) is 4.10. The highest BCUT2D eigenvalue weighted by molar-refractivity contribution is 5.94. The Kier molecular flexibility index (Phi) is 5.20. The number of aryl methyl sites for hydroxylation is 1. The van der Waals surface area contributed by atoms with Crippen LogP contribution in [0.1, 0.15) is 21.5 Å². The first kappa shape index (κ1) is 16.9. The maximum absolute atomic E-state index is 12.5. The van der Waals surface area contributed by atoms with Crippen molar-refractivity contribution >= 4 is 5.91 Å². The van der Waals surface area contributed by atoms with Crippen LogP contribution in [0.2, 0.25) is 0 Å². The number of hydrogen-bond donors (Lipinski definition) is 2. The molecule has 0 bridgehead atoms. The Balaban J connectivity index is 1.71. The van der Waals surface area contributed by atoms with Crippen LogP contribution in [0, 0.1) is 6.92 Å². The second-order valence-electron chi connectivity index (χ2n) is 5.88. The van der Waals surface area contributed by atoms with Gasteiger partial charge in [0, 0.05) is 5.56 Å². The minimum Gasteiger partial charge on any atom is -0.394 e. The Morgan fingerprint density at radius 3 is 2.68 bits per heavy atom. The Bertz CT molecular complexity index is 832. The predicted molar refractivity (Wildman–Crippen MR) is 94.6 cm³/mol. The van der Waals surface area contributed by atoms with E-state index in [1.165, 1.54) is 6.33 Å². The molecule has 1 unspecified atom stereocenters. The van der Waals surface area contributed by atoms with Crippen molar-refractivity contribution < 1.29 is 9.90 Å². The maximum atomic E-state index is 12.5. The first-order chi connectivity index (χ1) is 12.2. The van der Waals surface area contributed by atoms with E-state index in [9.17, 15) is 9.90 Å². The summed E-state index contributed by atoms with van der Waals surface area (Å²) >= 11 is 0. The molecule has 0 radical (unpaired) electrons. The van der Waals surface area contributed by atoms with Gasteiger partial charge in [0.15, 0.2) is 0 Å². The highest BCUT2D eigenvalue weighted by atomic mass is 16.3. The molecular weight excluding hydrogens is 316 g/mol. The summed E-state index contributed by atoms with van der Waals surface area (Å²) in [4.78, 5) is 16.4. The number of carbonyl (C=O) groups excluding carboxylic acids is 1. The van der Waals surface area contributed by atoms with Gasteiger partial charge in [-0.3, -0.25) is 4.79 Å². The average Bonchev–Trinajstić information content (AvgIpc) is 3.16. The van der Waals surface area contributed by atoms with Crippen molar-refractivity contribution in [3.05, 3.63) is 77.9 Å². The fourth-order valence-corrected chi connectivity index (χ4v) is 2.71. The number of nitrogens with one attached hydrogen (secondary N) is 1. The second kappa shape index (κ2) is 7.72. The molecule has 3 rings (SSSR count). The zero-order valence-corrected chi connectivity index (χ0v) is 14.0. The predicted octanol–water partition coefficient (Wildman–Crippen LogP) is 1.91. The number of hydrogen-bond acceptors (Lipinski definition) is 4. The van der Waals surface area contributed by atoms with Crippen molar-refractivity contribution in [1.82, 2.24) is 20.1 Å². The van der Waals surface area contributed by atoms with Gasteiger partial charge in [0.05, 0.1) is 18.3 Å². The normalized spacial score (nSPS) is 11.9. The minimum atomic E-state index is -0.329. The molecule has 0 spiro atoms. The van der Waals surface area contributed by atoms with Crippen molar-refractivity contribution in [1.29, 1.82) is 0 Å². The molecule has 0 fully saturated rings. The molecule has 0 aliphatic heterocycles. The Morgan fingerprint density at radius 1 is 1.24 bits per heavy atom. The van der Waals surface area contributed by atoms with Crippen LogP contribution in [0.5, 0.6) is 0 Å². The summed E-state index contributed by atoms with van der Waals surface area (Å²) in [5.41, 5.74) is 3.41. The lowest BCUT2D eigenvalue weighted by atomic mass is 10.1. The SMILES string of the molecule is Cc1cc(C(=O)NC(CO)Cc2ccccc2)ccc1-n1cncn1. The minimum absolute atomic E-state index is 0.114. The number of nitrogens with zero attached hydrogens (tertiary/aromatic N) is 3. The number of aliphatic hydroxyl groups excluding tert-OH is 1. The molecule has 0 aliphatic rings. The van der Waals surface area contributed by atoms with Crippen LogP contribution in [0.15, 0.2) is 61.2 Å². The van der Waals surface area contributed by atoms with Gasteiger partial charge in [-0.1, -0.05) is 30.3 Å². The molecule has 2 aromatic carbocycles. The molecule has 1 heterocycles. The van der Waals surface area contributed by atoms with Gasteiger partial charge in [-0.05, 0) is 42.7 Å². The smallest absolute Gasteiger partial charge is 0.251 e. The molecule has 1 amide bonds. The fraction of sp³-hybridized carbons (Fsp3) is 0.211. The lowest BCUT2D eigenvalue weighted by Gasteiger charge is -2.17. The number of carbonyl (C=O) groups is 1. The second-order valence-corrected chi connectivity index (χ2v) is 5.88. The standard InChI is InChI=1S/C19H20N4O2/c1-14-9-16(7-8-18(14)23-13-20-12-21-23)19(25)22-17(11-24)10-15-5-3-2-4-6-15/h2-9,12-13,17,24H,10-11H2,1H3,(H,22,25). The van der Waals surface area contributed by atoms with Crippen LogP contribution < -0.4 is 5.32 Å². The zero-order chi connectivity index (χ0) is 17.6. The van der Waals surface area contributed by atoms with Crippen molar-refractivity contribution in [3.63, 3.8) is 0 Å². The summed E-state index contributed by atoms with van der Waals surface area (Å²) in [5.74, 6) is -0.205. The number of aliphatic hydroxyl groups is 1. The summed E-state index contributed by atoms with van der Waals surface area (Å²) in [6.07, 6.45) is 3.66.